The fourth-order valence-corrected chi connectivity index (χ4v) is 3.62. The van der Waals surface area contributed by atoms with Crippen molar-refractivity contribution in [1.82, 2.24) is 9.97 Å². The molecule has 0 amide bonds. The second-order valence-corrected chi connectivity index (χ2v) is 7.09. The van der Waals surface area contributed by atoms with Gasteiger partial charge in [0.25, 0.3) is 0 Å². The fraction of sp³-hybridized carbons (Fsp3) is 0.130. The van der Waals surface area contributed by atoms with E-state index >= 15 is 0 Å². The summed E-state index contributed by atoms with van der Waals surface area (Å²) in [6, 6.07) is 13.7. The number of nitrogens with one attached hydrogen (secondary N) is 2. The van der Waals surface area contributed by atoms with E-state index in [0.29, 0.717) is 11.4 Å². The second kappa shape index (κ2) is 8.51. The molecule has 2 atom stereocenters. The third-order valence-corrected chi connectivity index (χ3v) is 5.24. The molecule has 4 aromatic rings. The minimum atomic E-state index is -2.28. The Morgan fingerprint density at radius 2 is 1.34 bits per heavy atom. The first-order valence-corrected chi connectivity index (χ1v) is 9.48. The van der Waals surface area contributed by atoms with E-state index in [0.717, 1.165) is 11.3 Å². The van der Waals surface area contributed by atoms with E-state index in [-0.39, 0.29) is 5.69 Å². The van der Waals surface area contributed by atoms with E-state index in [4.69, 9.17) is 4.74 Å². The van der Waals surface area contributed by atoms with E-state index in [9.17, 15) is 27.1 Å². The fourth-order valence-electron chi connectivity index (χ4n) is 3.62. The molecule has 0 aliphatic rings. The Bertz CT molecular complexity index is 1210. The van der Waals surface area contributed by atoms with Crippen LogP contribution in [0, 0.1) is 29.1 Å². The highest BCUT2D eigenvalue weighted by molar-refractivity contribution is 5.42. The van der Waals surface area contributed by atoms with Gasteiger partial charge in [0.05, 0.1) is 18.6 Å². The third-order valence-electron chi connectivity index (χ3n) is 5.24. The van der Waals surface area contributed by atoms with Crippen molar-refractivity contribution in [3.63, 3.8) is 0 Å². The van der Waals surface area contributed by atoms with Gasteiger partial charge in [0.2, 0.25) is 5.82 Å². The van der Waals surface area contributed by atoms with Crippen molar-refractivity contribution in [1.29, 1.82) is 0 Å². The highest BCUT2D eigenvalue weighted by Crippen LogP contribution is 2.35. The number of hydrogen-bond acceptors (Lipinski definition) is 2. The van der Waals surface area contributed by atoms with Crippen LogP contribution in [0.15, 0.2) is 54.7 Å². The maximum absolute atomic E-state index is 14.2. The van der Waals surface area contributed by atoms with Gasteiger partial charge >= 0.3 is 0 Å². The third kappa shape index (κ3) is 3.64. The minimum absolute atomic E-state index is 0.131. The van der Waals surface area contributed by atoms with E-state index in [1.54, 1.807) is 30.5 Å². The van der Waals surface area contributed by atoms with Gasteiger partial charge in [0.1, 0.15) is 11.9 Å². The molecule has 0 aliphatic heterocycles. The molecule has 2 heterocycles. The lowest BCUT2D eigenvalue weighted by molar-refractivity contribution is 0.198. The number of rotatable bonds is 6. The van der Waals surface area contributed by atoms with Crippen molar-refractivity contribution in [2.45, 2.75) is 12.0 Å². The summed E-state index contributed by atoms with van der Waals surface area (Å²) < 4.78 is 74.0. The Morgan fingerprint density at radius 1 is 0.750 bits per heavy atom. The molecule has 9 heteroatoms. The highest BCUT2D eigenvalue weighted by atomic mass is 19.2. The normalized spacial score (nSPS) is 13.2. The van der Waals surface area contributed by atoms with Gasteiger partial charge in [-0.2, -0.15) is 0 Å². The SMILES string of the molecule is COc1ccc(C(c2ccc[nH]2)c2ccc(C(O)c3c(F)c(F)c(F)c(F)c3F)[nH]2)cc1. The van der Waals surface area contributed by atoms with E-state index in [2.05, 4.69) is 9.97 Å². The van der Waals surface area contributed by atoms with Crippen molar-refractivity contribution >= 4 is 0 Å². The van der Waals surface area contributed by atoms with Crippen molar-refractivity contribution in [2.75, 3.05) is 7.11 Å². The maximum atomic E-state index is 14.2. The van der Waals surface area contributed by atoms with Gasteiger partial charge in [0, 0.05) is 23.3 Å². The lowest BCUT2D eigenvalue weighted by atomic mass is 9.92. The molecule has 166 valence electrons. The van der Waals surface area contributed by atoms with Gasteiger partial charge in [0.15, 0.2) is 23.3 Å². The second-order valence-electron chi connectivity index (χ2n) is 7.09. The molecular weight excluding hydrogens is 431 g/mol. The largest absolute Gasteiger partial charge is 0.497 e. The standard InChI is InChI=1S/C23H17F5N2O2/c1-32-12-6-4-11(5-7-12)16(13-3-2-10-29-13)14-8-9-15(30-14)23(31)17-18(24)20(26)22(28)21(27)19(17)25/h2-10,16,23,29-31H,1H3. The molecule has 0 saturated heterocycles. The van der Waals surface area contributed by atoms with Crippen LogP contribution in [0.25, 0.3) is 0 Å². The van der Waals surface area contributed by atoms with Crippen LogP contribution in [0.3, 0.4) is 0 Å². The Balaban J connectivity index is 1.76. The van der Waals surface area contributed by atoms with Crippen molar-refractivity contribution in [2.24, 2.45) is 0 Å². The summed E-state index contributed by atoms with van der Waals surface area (Å²) in [5.74, 6) is -10.4. The molecule has 32 heavy (non-hydrogen) atoms. The molecule has 0 radical (unpaired) electrons. The van der Waals surface area contributed by atoms with Crippen LogP contribution >= 0.6 is 0 Å². The van der Waals surface area contributed by atoms with E-state index < -0.39 is 46.7 Å². The molecule has 2 aromatic heterocycles. The summed E-state index contributed by atoms with van der Waals surface area (Å²) in [5, 5.41) is 10.5. The maximum Gasteiger partial charge on any atom is 0.200 e. The zero-order valence-electron chi connectivity index (χ0n) is 16.6. The zero-order valence-corrected chi connectivity index (χ0v) is 16.6. The van der Waals surface area contributed by atoms with Gasteiger partial charge in [-0.25, -0.2) is 22.0 Å². The number of halogens is 5. The van der Waals surface area contributed by atoms with Gasteiger partial charge in [-0.3, -0.25) is 0 Å². The number of aromatic nitrogens is 2. The Labute approximate surface area is 179 Å². The summed E-state index contributed by atoms with van der Waals surface area (Å²) in [6.45, 7) is 0. The molecule has 2 unspecified atom stereocenters. The minimum Gasteiger partial charge on any atom is -0.497 e. The number of benzene rings is 2. The number of methoxy groups -OCH3 is 1. The molecule has 3 N–H and O–H groups in total. The molecule has 4 rings (SSSR count). The van der Waals surface area contributed by atoms with Crippen LogP contribution in [0.2, 0.25) is 0 Å². The van der Waals surface area contributed by atoms with Crippen LogP contribution in [0.4, 0.5) is 22.0 Å². The number of aliphatic hydroxyl groups excluding tert-OH is 1. The zero-order chi connectivity index (χ0) is 23.0. The quantitative estimate of drug-likeness (QED) is 0.213. The van der Waals surface area contributed by atoms with Gasteiger partial charge < -0.3 is 19.8 Å². The molecular formula is C23H17F5N2O2. The van der Waals surface area contributed by atoms with Crippen LogP contribution < -0.4 is 4.74 Å². The Hall–Kier alpha value is -3.59. The molecule has 2 aromatic carbocycles. The first-order chi connectivity index (χ1) is 15.3. The number of aliphatic hydroxyl groups is 1. The molecule has 0 aliphatic carbocycles. The highest BCUT2D eigenvalue weighted by Gasteiger charge is 2.31. The molecule has 0 fully saturated rings. The lowest BCUT2D eigenvalue weighted by Gasteiger charge is -2.17. The van der Waals surface area contributed by atoms with Crippen LogP contribution in [-0.2, 0) is 0 Å². The number of ether oxygens (including phenoxy) is 1. The smallest absolute Gasteiger partial charge is 0.200 e. The average molecular weight is 448 g/mol. The predicted molar refractivity (Wildman–Crippen MR) is 106 cm³/mol. The molecule has 0 spiro atoms. The summed E-state index contributed by atoms with van der Waals surface area (Å²) in [4.78, 5) is 5.96. The van der Waals surface area contributed by atoms with Gasteiger partial charge in [-0.15, -0.1) is 0 Å². The van der Waals surface area contributed by atoms with Crippen LogP contribution in [0.1, 0.15) is 40.2 Å². The molecule has 0 saturated carbocycles. The Morgan fingerprint density at radius 3 is 1.91 bits per heavy atom. The van der Waals surface area contributed by atoms with Crippen LogP contribution in [-0.4, -0.2) is 22.2 Å². The monoisotopic (exact) mass is 448 g/mol. The van der Waals surface area contributed by atoms with E-state index in [1.165, 1.54) is 13.2 Å². The van der Waals surface area contributed by atoms with Crippen LogP contribution in [0.5, 0.6) is 5.75 Å². The lowest BCUT2D eigenvalue weighted by Crippen LogP contribution is -2.13. The molecule has 0 bridgehead atoms. The average Bonchev–Trinajstić information content (AvgIpc) is 3.50. The first-order valence-electron chi connectivity index (χ1n) is 9.48. The van der Waals surface area contributed by atoms with Crippen molar-refractivity contribution in [3.05, 3.63) is 112 Å². The van der Waals surface area contributed by atoms with E-state index in [1.807, 2.05) is 18.2 Å². The first kappa shape index (κ1) is 21.6. The predicted octanol–water partition coefficient (Wildman–Crippen LogP) is 5.31. The van der Waals surface area contributed by atoms with Crippen molar-refractivity contribution in [3.8, 4) is 5.75 Å². The summed E-state index contributed by atoms with van der Waals surface area (Å²) >= 11 is 0. The number of hydrogen-bond donors (Lipinski definition) is 3. The molecule has 4 nitrogen and oxygen atoms in total. The topological polar surface area (TPSA) is 61.0 Å². The Kier molecular flexibility index (Phi) is 5.75. The summed E-state index contributed by atoms with van der Waals surface area (Å²) in [7, 11) is 1.54. The van der Waals surface area contributed by atoms with Gasteiger partial charge in [-0.05, 0) is 42.0 Å². The number of H-pyrrole nitrogens is 2. The summed E-state index contributed by atoms with van der Waals surface area (Å²) in [5.41, 5.74) is 0.668. The van der Waals surface area contributed by atoms with Gasteiger partial charge in [-0.1, -0.05) is 12.1 Å². The van der Waals surface area contributed by atoms with Crippen molar-refractivity contribution < 1.29 is 31.8 Å². The summed E-state index contributed by atoms with van der Waals surface area (Å²) in [6.07, 6.45) is -0.382. The number of aromatic amines is 2.